The topological polar surface area (TPSA) is 58.4 Å². The SMILES string of the molecule is CC(N)CCC(=O)NC1CCN(Cc2ccccc2)C(C)C1. The molecule has 1 aromatic carbocycles. The Balaban J connectivity index is 1.76. The fourth-order valence-electron chi connectivity index (χ4n) is 3.06. The van der Waals surface area contributed by atoms with Crippen LogP contribution in [0.15, 0.2) is 30.3 Å². The van der Waals surface area contributed by atoms with Crippen molar-refractivity contribution in [1.82, 2.24) is 10.2 Å². The van der Waals surface area contributed by atoms with Crippen molar-refractivity contribution in [2.45, 2.75) is 64.2 Å². The number of likely N-dealkylation sites (tertiary alicyclic amines) is 1. The molecule has 1 heterocycles. The summed E-state index contributed by atoms with van der Waals surface area (Å²) in [4.78, 5) is 14.4. The van der Waals surface area contributed by atoms with Crippen LogP contribution in [0.3, 0.4) is 0 Å². The third kappa shape index (κ3) is 5.43. The molecule has 0 spiro atoms. The molecule has 3 atom stereocenters. The number of piperidine rings is 1. The summed E-state index contributed by atoms with van der Waals surface area (Å²) in [6.45, 7) is 6.22. The highest BCUT2D eigenvalue weighted by Gasteiger charge is 2.26. The first kappa shape index (κ1) is 17.0. The van der Waals surface area contributed by atoms with Gasteiger partial charge < -0.3 is 11.1 Å². The van der Waals surface area contributed by atoms with Crippen LogP contribution in [0, 0.1) is 0 Å². The molecule has 4 nitrogen and oxygen atoms in total. The van der Waals surface area contributed by atoms with Crippen LogP contribution in [-0.4, -0.2) is 35.5 Å². The second kappa shape index (κ2) is 8.30. The summed E-state index contributed by atoms with van der Waals surface area (Å²) in [6.07, 6.45) is 3.35. The van der Waals surface area contributed by atoms with Gasteiger partial charge in [-0.2, -0.15) is 0 Å². The molecule has 1 amide bonds. The van der Waals surface area contributed by atoms with E-state index in [0.29, 0.717) is 18.5 Å². The maximum absolute atomic E-state index is 11.9. The fourth-order valence-corrected chi connectivity index (χ4v) is 3.06. The van der Waals surface area contributed by atoms with Gasteiger partial charge in [-0.05, 0) is 38.7 Å². The van der Waals surface area contributed by atoms with Gasteiger partial charge in [0, 0.05) is 37.6 Å². The average Bonchev–Trinajstić information content (AvgIpc) is 2.49. The van der Waals surface area contributed by atoms with Crippen LogP contribution in [0.4, 0.5) is 0 Å². The lowest BCUT2D eigenvalue weighted by molar-refractivity contribution is -0.122. The summed E-state index contributed by atoms with van der Waals surface area (Å²) < 4.78 is 0. The van der Waals surface area contributed by atoms with Crippen LogP contribution in [0.2, 0.25) is 0 Å². The molecule has 4 heteroatoms. The Labute approximate surface area is 134 Å². The Bertz CT molecular complexity index is 461. The first-order valence-electron chi connectivity index (χ1n) is 8.37. The lowest BCUT2D eigenvalue weighted by atomic mass is 9.97. The van der Waals surface area contributed by atoms with Crippen molar-refractivity contribution in [2.75, 3.05) is 6.54 Å². The first-order valence-corrected chi connectivity index (χ1v) is 8.37. The Morgan fingerprint density at radius 3 is 2.77 bits per heavy atom. The van der Waals surface area contributed by atoms with Gasteiger partial charge in [0.1, 0.15) is 0 Å². The van der Waals surface area contributed by atoms with E-state index >= 15 is 0 Å². The van der Waals surface area contributed by atoms with Gasteiger partial charge in [-0.15, -0.1) is 0 Å². The van der Waals surface area contributed by atoms with Crippen LogP contribution >= 0.6 is 0 Å². The molecule has 1 saturated heterocycles. The molecule has 1 fully saturated rings. The van der Waals surface area contributed by atoms with E-state index < -0.39 is 0 Å². The smallest absolute Gasteiger partial charge is 0.220 e. The quantitative estimate of drug-likeness (QED) is 0.847. The Kier molecular flexibility index (Phi) is 6.40. The second-order valence-corrected chi connectivity index (χ2v) is 6.61. The van der Waals surface area contributed by atoms with Crippen LogP contribution in [-0.2, 0) is 11.3 Å². The molecule has 0 bridgehead atoms. The molecule has 2 rings (SSSR count). The van der Waals surface area contributed by atoms with Crippen LogP contribution < -0.4 is 11.1 Å². The summed E-state index contributed by atoms with van der Waals surface area (Å²) in [6, 6.07) is 11.5. The van der Waals surface area contributed by atoms with Gasteiger partial charge in [-0.25, -0.2) is 0 Å². The molecule has 122 valence electrons. The molecule has 1 aliphatic rings. The van der Waals surface area contributed by atoms with E-state index in [0.717, 1.165) is 32.4 Å². The van der Waals surface area contributed by atoms with Crippen LogP contribution in [0.25, 0.3) is 0 Å². The zero-order valence-corrected chi connectivity index (χ0v) is 13.8. The van der Waals surface area contributed by atoms with Gasteiger partial charge in [-0.3, -0.25) is 9.69 Å². The van der Waals surface area contributed by atoms with E-state index in [-0.39, 0.29) is 11.9 Å². The van der Waals surface area contributed by atoms with Crippen LogP contribution in [0.1, 0.15) is 45.1 Å². The van der Waals surface area contributed by atoms with E-state index in [4.69, 9.17) is 5.73 Å². The number of amides is 1. The van der Waals surface area contributed by atoms with Crippen LogP contribution in [0.5, 0.6) is 0 Å². The largest absolute Gasteiger partial charge is 0.353 e. The number of nitrogens with one attached hydrogen (secondary N) is 1. The van der Waals surface area contributed by atoms with Crippen molar-refractivity contribution in [1.29, 1.82) is 0 Å². The van der Waals surface area contributed by atoms with Gasteiger partial charge in [0.05, 0.1) is 0 Å². The van der Waals surface area contributed by atoms with E-state index in [1.54, 1.807) is 0 Å². The van der Waals surface area contributed by atoms with E-state index in [2.05, 4.69) is 47.5 Å². The van der Waals surface area contributed by atoms with Crippen molar-refractivity contribution in [3.63, 3.8) is 0 Å². The first-order chi connectivity index (χ1) is 10.5. The Hall–Kier alpha value is -1.39. The van der Waals surface area contributed by atoms with Crippen molar-refractivity contribution in [3.05, 3.63) is 35.9 Å². The molecular formula is C18H29N3O. The summed E-state index contributed by atoms with van der Waals surface area (Å²) in [5.74, 6) is 0.144. The number of rotatable bonds is 6. The molecule has 3 N–H and O–H groups in total. The molecule has 22 heavy (non-hydrogen) atoms. The molecule has 0 aliphatic carbocycles. The minimum Gasteiger partial charge on any atom is -0.353 e. The minimum absolute atomic E-state index is 0.0948. The zero-order chi connectivity index (χ0) is 15.9. The van der Waals surface area contributed by atoms with Crippen molar-refractivity contribution in [2.24, 2.45) is 5.73 Å². The van der Waals surface area contributed by atoms with E-state index in [1.807, 2.05) is 6.92 Å². The molecule has 0 radical (unpaired) electrons. The third-order valence-electron chi connectivity index (χ3n) is 4.43. The number of hydrogen-bond acceptors (Lipinski definition) is 3. The van der Waals surface area contributed by atoms with Gasteiger partial charge >= 0.3 is 0 Å². The number of hydrogen-bond donors (Lipinski definition) is 2. The zero-order valence-electron chi connectivity index (χ0n) is 13.8. The Morgan fingerprint density at radius 1 is 1.41 bits per heavy atom. The summed E-state index contributed by atoms with van der Waals surface area (Å²) >= 11 is 0. The van der Waals surface area contributed by atoms with E-state index in [9.17, 15) is 4.79 Å². The second-order valence-electron chi connectivity index (χ2n) is 6.61. The highest BCUT2D eigenvalue weighted by Crippen LogP contribution is 2.20. The standard InChI is InChI=1S/C18H29N3O/c1-14(19)8-9-18(22)20-17-10-11-21(15(2)12-17)13-16-6-4-3-5-7-16/h3-7,14-15,17H,8-13,19H2,1-2H3,(H,20,22). The van der Waals surface area contributed by atoms with Gasteiger partial charge in [-0.1, -0.05) is 30.3 Å². The molecule has 0 aromatic heterocycles. The number of nitrogens with two attached hydrogens (primary N) is 1. The normalized spacial score (nSPS) is 24.0. The van der Waals surface area contributed by atoms with Gasteiger partial charge in [0.2, 0.25) is 5.91 Å². The van der Waals surface area contributed by atoms with Gasteiger partial charge in [0.15, 0.2) is 0 Å². The van der Waals surface area contributed by atoms with E-state index in [1.165, 1.54) is 5.56 Å². The van der Waals surface area contributed by atoms with Gasteiger partial charge in [0.25, 0.3) is 0 Å². The molecular weight excluding hydrogens is 274 g/mol. The predicted octanol–water partition coefficient (Wildman–Crippen LogP) is 2.28. The average molecular weight is 303 g/mol. The molecule has 1 aliphatic heterocycles. The number of carbonyl (C=O) groups excluding carboxylic acids is 1. The maximum atomic E-state index is 11.9. The monoisotopic (exact) mass is 303 g/mol. The third-order valence-corrected chi connectivity index (χ3v) is 4.43. The van der Waals surface area contributed by atoms with Crippen molar-refractivity contribution >= 4 is 5.91 Å². The van der Waals surface area contributed by atoms with Crippen molar-refractivity contribution in [3.8, 4) is 0 Å². The summed E-state index contributed by atoms with van der Waals surface area (Å²) in [7, 11) is 0. The molecule has 0 saturated carbocycles. The lowest BCUT2D eigenvalue weighted by Gasteiger charge is -2.38. The molecule has 1 aromatic rings. The maximum Gasteiger partial charge on any atom is 0.220 e. The van der Waals surface area contributed by atoms with Crippen molar-refractivity contribution < 1.29 is 4.79 Å². The number of nitrogens with zero attached hydrogens (tertiary/aromatic N) is 1. The highest BCUT2D eigenvalue weighted by molar-refractivity contribution is 5.76. The lowest BCUT2D eigenvalue weighted by Crippen LogP contribution is -2.48. The fraction of sp³-hybridized carbons (Fsp3) is 0.611. The highest BCUT2D eigenvalue weighted by atomic mass is 16.1. The summed E-state index contributed by atoms with van der Waals surface area (Å²) in [5.41, 5.74) is 7.06. The predicted molar refractivity (Wildman–Crippen MR) is 90.4 cm³/mol. The summed E-state index contributed by atoms with van der Waals surface area (Å²) in [5, 5.41) is 3.17. The molecule has 3 unspecified atom stereocenters. The number of carbonyl (C=O) groups is 1. The minimum atomic E-state index is 0.0948. The number of benzene rings is 1. The Morgan fingerprint density at radius 2 is 2.14 bits per heavy atom.